The van der Waals surface area contributed by atoms with Crippen LogP contribution in [-0.4, -0.2) is 61.4 Å². The molecule has 0 radical (unpaired) electrons. The predicted octanol–water partition coefficient (Wildman–Crippen LogP) is 2.10. The van der Waals surface area contributed by atoms with E-state index in [9.17, 15) is 14.4 Å². The van der Waals surface area contributed by atoms with Crippen molar-refractivity contribution in [1.82, 2.24) is 9.80 Å². The molecule has 3 rings (SSSR count). The van der Waals surface area contributed by atoms with Crippen LogP contribution in [0.2, 0.25) is 0 Å². The Balaban J connectivity index is 1.41. The maximum Gasteiger partial charge on any atom is 0.233 e. The van der Waals surface area contributed by atoms with Gasteiger partial charge in [-0.1, -0.05) is 12.8 Å². The molecule has 7 heteroatoms. The summed E-state index contributed by atoms with van der Waals surface area (Å²) in [4.78, 5) is 40.2. The summed E-state index contributed by atoms with van der Waals surface area (Å²) in [5, 5.41) is 0. The number of benzene rings is 1. The van der Waals surface area contributed by atoms with E-state index in [1.807, 2.05) is 24.3 Å². The van der Waals surface area contributed by atoms with Gasteiger partial charge in [-0.05, 0) is 37.1 Å². The first-order valence-corrected chi connectivity index (χ1v) is 9.87. The molecular formula is C21H28N2O5. The van der Waals surface area contributed by atoms with Gasteiger partial charge in [-0.15, -0.1) is 0 Å². The summed E-state index contributed by atoms with van der Waals surface area (Å²) in [6, 6.07) is 7.24. The van der Waals surface area contributed by atoms with Gasteiger partial charge in [0, 0.05) is 20.0 Å². The fourth-order valence-electron chi connectivity index (χ4n) is 3.95. The molecule has 2 atom stereocenters. The average Bonchev–Trinajstić information content (AvgIpc) is 2.97. The molecule has 1 heterocycles. The Morgan fingerprint density at radius 3 is 2.21 bits per heavy atom. The monoisotopic (exact) mass is 388 g/mol. The standard InChI is InChI=1S/C21H28N2O5/c1-22(13-14-28-16-9-7-15(27-2)8-10-16)19(24)11-12-23-20(25)17-5-3-4-6-18(17)21(23)26/h7-10,17-18H,3-6,11-14H2,1-2H3/t17-,18-/m1/s1. The fourth-order valence-corrected chi connectivity index (χ4v) is 3.95. The molecule has 1 aromatic rings. The van der Waals surface area contributed by atoms with Gasteiger partial charge < -0.3 is 14.4 Å². The number of rotatable bonds is 8. The second kappa shape index (κ2) is 9.08. The van der Waals surface area contributed by atoms with Crippen LogP contribution < -0.4 is 9.47 Å². The van der Waals surface area contributed by atoms with Crippen molar-refractivity contribution in [1.29, 1.82) is 0 Å². The minimum atomic E-state index is -0.160. The molecule has 0 aromatic heterocycles. The number of imide groups is 1. The highest BCUT2D eigenvalue weighted by atomic mass is 16.5. The summed E-state index contributed by atoms with van der Waals surface area (Å²) in [7, 11) is 3.31. The van der Waals surface area contributed by atoms with E-state index in [-0.39, 0.29) is 42.5 Å². The number of carbonyl (C=O) groups is 3. The number of hydrogen-bond donors (Lipinski definition) is 0. The van der Waals surface area contributed by atoms with Crippen molar-refractivity contribution in [2.75, 3.05) is 33.9 Å². The smallest absolute Gasteiger partial charge is 0.233 e. The summed E-state index contributed by atoms with van der Waals surface area (Å²) in [5.74, 6) is 0.858. The number of hydrogen-bond acceptors (Lipinski definition) is 5. The normalized spacial score (nSPS) is 21.4. The molecule has 0 unspecified atom stereocenters. The molecule has 1 aliphatic heterocycles. The Morgan fingerprint density at radius 1 is 1.07 bits per heavy atom. The summed E-state index contributed by atoms with van der Waals surface area (Å²) in [6.45, 7) is 0.964. The van der Waals surface area contributed by atoms with Gasteiger partial charge in [-0.2, -0.15) is 0 Å². The quantitative estimate of drug-likeness (QED) is 0.638. The lowest BCUT2D eigenvalue weighted by Crippen LogP contribution is -2.37. The van der Waals surface area contributed by atoms with Crippen molar-refractivity contribution in [3.63, 3.8) is 0 Å². The number of likely N-dealkylation sites (N-methyl/N-ethyl adjacent to an activating group) is 1. The van der Waals surface area contributed by atoms with Gasteiger partial charge in [-0.25, -0.2) is 0 Å². The zero-order valence-corrected chi connectivity index (χ0v) is 16.6. The van der Waals surface area contributed by atoms with Gasteiger partial charge in [0.25, 0.3) is 0 Å². The number of methoxy groups -OCH3 is 1. The first kappa shape index (κ1) is 20.2. The maximum absolute atomic E-state index is 12.5. The number of likely N-dealkylation sites (tertiary alicyclic amines) is 1. The molecule has 1 saturated carbocycles. The SMILES string of the molecule is COc1ccc(OCCN(C)C(=O)CCN2C(=O)[C@@H]3CCCC[C@H]3C2=O)cc1. The van der Waals surface area contributed by atoms with Crippen molar-refractivity contribution < 1.29 is 23.9 Å². The van der Waals surface area contributed by atoms with Crippen molar-refractivity contribution in [2.45, 2.75) is 32.1 Å². The van der Waals surface area contributed by atoms with Gasteiger partial charge in [0.15, 0.2) is 0 Å². The zero-order chi connectivity index (χ0) is 20.1. The highest BCUT2D eigenvalue weighted by Gasteiger charge is 2.47. The molecule has 1 aliphatic carbocycles. The molecule has 1 saturated heterocycles. The largest absolute Gasteiger partial charge is 0.497 e. The summed E-state index contributed by atoms with van der Waals surface area (Å²) in [6.07, 6.45) is 3.74. The van der Waals surface area contributed by atoms with Crippen LogP contribution in [0.5, 0.6) is 11.5 Å². The molecule has 0 N–H and O–H groups in total. The Kier molecular flexibility index (Phi) is 6.54. The van der Waals surface area contributed by atoms with Gasteiger partial charge in [0.05, 0.1) is 25.5 Å². The Hall–Kier alpha value is -2.57. The number of nitrogens with zero attached hydrogens (tertiary/aromatic N) is 2. The second-order valence-corrected chi connectivity index (χ2v) is 7.41. The molecule has 0 bridgehead atoms. The molecule has 28 heavy (non-hydrogen) atoms. The second-order valence-electron chi connectivity index (χ2n) is 7.41. The van der Waals surface area contributed by atoms with Crippen LogP contribution >= 0.6 is 0 Å². The maximum atomic E-state index is 12.5. The van der Waals surface area contributed by atoms with Crippen molar-refractivity contribution in [3.05, 3.63) is 24.3 Å². The van der Waals surface area contributed by atoms with Gasteiger partial charge in [-0.3, -0.25) is 19.3 Å². The number of carbonyl (C=O) groups excluding carboxylic acids is 3. The highest BCUT2D eigenvalue weighted by molar-refractivity contribution is 6.05. The van der Waals surface area contributed by atoms with E-state index >= 15 is 0 Å². The fraction of sp³-hybridized carbons (Fsp3) is 0.571. The topological polar surface area (TPSA) is 76.2 Å². The number of fused-ring (bicyclic) bond motifs is 1. The average molecular weight is 388 g/mol. The van der Waals surface area contributed by atoms with Crippen LogP contribution in [0, 0.1) is 11.8 Å². The summed E-state index contributed by atoms with van der Waals surface area (Å²) >= 11 is 0. The van der Waals surface area contributed by atoms with E-state index in [1.165, 1.54) is 4.90 Å². The van der Waals surface area contributed by atoms with E-state index in [0.717, 1.165) is 31.4 Å². The number of ether oxygens (including phenoxy) is 2. The Morgan fingerprint density at radius 2 is 1.64 bits per heavy atom. The summed E-state index contributed by atoms with van der Waals surface area (Å²) < 4.78 is 10.7. The third-order valence-electron chi connectivity index (χ3n) is 5.66. The predicted molar refractivity (Wildman–Crippen MR) is 103 cm³/mol. The van der Waals surface area contributed by atoms with E-state index in [4.69, 9.17) is 9.47 Å². The lowest BCUT2D eigenvalue weighted by atomic mass is 9.81. The van der Waals surface area contributed by atoms with Gasteiger partial charge >= 0.3 is 0 Å². The van der Waals surface area contributed by atoms with Crippen molar-refractivity contribution >= 4 is 17.7 Å². The highest BCUT2D eigenvalue weighted by Crippen LogP contribution is 2.37. The minimum absolute atomic E-state index is 0.0898. The first-order chi connectivity index (χ1) is 13.5. The molecule has 2 fully saturated rings. The van der Waals surface area contributed by atoms with E-state index in [0.29, 0.717) is 18.9 Å². The van der Waals surface area contributed by atoms with Crippen LogP contribution in [0.3, 0.4) is 0 Å². The lowest BCUT2D eigenvalue weighted by molar-refractivity contribution is -0.140. The zero-order valence-electron chi connectivity index (χ0n) is 16.6. The van der Waals surface area contributed by atoms with Crippen molar-refractivity contribution in [2.24, 2.45) is 11.8 Å². The van der Waals surface area contributed by atoms with Crippen LogP contribution in [0.25, 0.3) is 0 Å². The molecular weight excluding hydrogens is 360 g/mol. The number of amides is 3. The van der Waals surface area contributed by atoms with Gasteiger partial charge in [0.1, 0.15) is 18.1 Å². The lowest BCUT2D eigenvalue weighted by Gasteiger charge is -2.20. The minimum Gasteiger partial charge on any atom is -0.497 e. The van der Waals surface area contributed by atoms with E-state index in [2.05, 4.69) is 0 Å². The van der Waals surface area contributed by atoms with Crippen LogP contribution in [0.4, 0.5) is 0 Å². The summed E-state index contributed by atoms with van der Waals surface area (Å²) in [5.41, 5.74) is 0. The van der Waals surface area contributed by atoms with Gasteiger partial charge in [0.2, 0.25) is 17.7 Å². The Bertz CT molecular complexity index is 694. The molecule has 0 spiro atoms. The van der Waals surface area contributed by atoms with Crippen molar-refractivity contribution in [3.8, 4) is 11.5 Å². The van der Waals surface area contributed by atoms with E-state index < -0.39 is 0 Å². The third-order valence-corrected chi connectivity index (χ3v) is 5.66. The third kappa shape index (κ3) is 4.46. The van der Waals surface area contributed by atoms with Crippen LogP contribution in [0.15, 0.2) is 24.3 Å². The van der Waals surface area contributed by atoms with E-state index in [1.54, 1.807) is 19.1 Å². The van der Waals surface area contributed by atoms with Crippen LogP contribution in [-0.2, 0) is 14.4 Å². The van der Waals surface area contributed by atoms with Crippen LogP contribution in [0.1, 0.15) is 32.1 Å². The molecule has 1 aromatic carbocycles. The molecule has 2 aliphatic rings. The molecule has 3 amide bonds. The molecule has 152 valence electrons. The first-order valence-electron chi connectivity index (χ1n) is 9.87. The molecule has 7 nitrogen and oxygen atoms in total. The Labute approximate surface area is 165 Å².